The van der Waals surface area contributed by atoms with E-state index in [1.807, 2.05) is 0 Å². The summed E-state index contributed by atoms with van der Waals surface area (Å²) >= 11 is 0. The van der Waals surface area contributed by atoms with Crippen molar-refractivity contribution >= 4 is 12.0 Å². The Morgan fingerprint density at radius 3 is 2.40 bits per heavy atom. The minimum atomic E-state index is -2.11. The van der Waals surface area contributed by atoms with Gasteiger partial charge in [0.25, 0.3) is 0 Å². The fourth-order valence-corrected chi connectivity index (χ4v) is 2.77. The molecule has 0 bridgehead atoms. The minimum absolute atomic E-state index is 0.225. The van der Waals surface area contributed by atoms with Crippen LogP contribution in [0.2, 0.25) is 0 Å². The molecule has 1 saturated carbocycles. The highest BCUT2D eigenvalue weighted by Gasteiger charge is 2.37. The molecular formula is C17H17F4NO3. The molecule has 2 N–H and O–H groups in total. The minimum Gasteiger partial charge on any atom is -0.515 e. The second kappa shape index (κ2) is 7.35. The molecular weight excluding hydrogens is 342 g/mol. The van der Waals surface area contributed by atoms with Gasteiger partial charge in [0.1, 0.15) is 0 Å². The number of hydrogen-bond donors (Lipinski definition) is 2. The van der Waals surface area contributed by atoms with Crippen LogP contribution in [0.15, 0.2) is 22.9 Å². The van der Waals surface area contributed by atoms with Crippen LogP contribution in [0.25, 0.3) is 0 Å². The summed E-state index contributed by atoms with van der Waals surface area (Å²) in [4.78, 5) is 16.4. The number of carbonyl (C=O) groups is 1. The van der Waals surface area contributed by atoms with E-state index in [0.717, 1.165) is 12.6 Å². The molecule has 25 heavy (non-hydrogen) atoms. The smallest absolute Gasteiger partial charge is 0.200 e. The summed E-state index contributed by atoms with van der Waals surface area (Å²) in [5.74, 6) is -8.95. The lowest BCUT2D eigenvalue weighted by Crippen LogP contribution is -2.38. The van der Waals surface area contributed by atoms with Gasteiger partial charge in [-0.2, -0.15) is 0 Å². The highest BCUT2D eigenvalue weighted by atomic mass is 19.2. The molecule has 8 heteroatoms. The van der Waals surface area contributed by atoms with E-state index < -0.39 is 51.8 Å². The lowest BCUT2D eigenvalue weighted by molar-refractivity contribution is 0.103. The van der Waals surface area contributed by atoms with Gasteiger partial charge in [0.05, 0.1) is 29.0 Å². The van der Waals surface area contributed by atoms with Gasteiger partial charge in [0, 0.05) is 6.21 Å². The van der Waals surface area contributed by atoms with Crippen molar-refractivity contribution in [1.82, 2.24) is 0 Å². The third kappa shape index (κ3) is 3.89. The summed E-state index contributed by atoms with van der Waals surface area (Å²) in [6.45, 7) is 1.59. The molecule has 0 radical (unpaired) electrons. The Kier molecular flexibility index (Phi) is 5.62. The van der Waals surface area contributed by atoms with Crippen molar-refractivity contribution in [3.8, 4) is 0 Å². The number of aliphatic imine (C=N–C) groups is 1. The Hall–Kier alpha value is -2.22. The summed E-state index contributed by atoms with van der Waals surface area (Å²) in [5, 5.41) is 18.7. The van der Waals surface area contributed by atoms with E-state index in [4.69, 9.17) is 0 Å². The molecule has 1 aromatic carbocycles. The average Bonchev–Trinajstić information content (AvgIpc) is 2.53. The van der Waals surface area contributed by atoms with Gasteiger partial charge in [0.2, 0.25) is 5.78 Å². The van der Waals surface area contributed by atoms with Crippen LogP contribution in [0.5, 0.6) is 0 Å². The Morgan fingerprint density at radius 1 is 1.28 bits per heavy atom. The van der Waals surface area contributed by atoms with Crippen molar-refractivity contribution in [2.75, 3.05) is 0 Å². The zero-order valence-electron chi connectivity index (χ0n) is 13.4. The number of Topliss-reactive ketones (excluding diaryl/α,β-unsaturated/α-hetero) is 1. The first-order valence-electron chi connectivity index (χ1n) is 7.66. The number of halogens is 4. The second-order valence-electron chi connectivity index (χ2n) is 6.15. The highest BCUT2D eigenvalue weighted by molar-refractivity contribution is 6.21. The third-order valence-corrected chi connectivity index (χ3v) is 4.19. The fourth-order valence-electron chi connectivity index (χ4n) is 2.77. The van der Waals surface area contributed by atoms with Gasteiger partial charge in [-0.05, 0) is 38.7 Å². The van der Waals surface area contributed by atoms with Gasteiger partial charge < -0.3 is 10.2 Å². The first-order chi connectivity index (χ1) is 11.7. The number of aliphatic hydroxyl groups excluding tert-OH is 2. The van der Waals surface area contributed by atoms with Crippen LogP contribution in [0.1, 0.15) is 43.0 Å². The predicted molar refractivity (Wildman–Crippen MR) is 82.7 cm³/mol. The molecule has 1 aliphatic rings. The summed E-state index contributed by atoms with van der Waals surface area (Å²) in [7, 11) is 0. The van der Waals surface area contributed by atoms with Crippen LogP contribution >= 0.6 is 0 Å². The van der Waals surface area contributed by atoms with E-state index in [9.17, 15) is 32.6 Å². The maximum Gasteiger partial charge on any atom is 0.200 e. The quantitative estimate of drug-likeness (QED) is 0.155. The fraction of sp³-hybridized carbons (Fsp3) is 0.412. The molecule has 0 aromatic heterocycles. The largest absolute Gasteiger partial charge is 0.515 e. The maximum absolute atomic E-state index is 13.7. The molecule has 4 nitrogen and oxygen atoms in total. The summed E-state index contributed by atoms with van der Waals surface area (Å²) in [6, 6.07) is 0.225. The monoisotopic (exact) mass is 359 g/mol. The summed E-state index contributed by atoms with van der Waals surface area (Å²) < 4.78 is 53.2. The number of hydrogen-bond acceptors (Lipinski definition) is 4. The second-order valence-corrected chi connectivity index (χ2v) is 6.15. The van der Waals surface area contributed by atoms with Crippen molar-refractivity contribution in [2.24, 2.45) is 4.99 Å². The molecule has 0 aliphatic heterocycles. The molecule has 0 saturated heterocycles. The molecule has 1 atom stereocenters. The molecule has 1 aliphatic carbocycles. The SMILES string of the molecule is CC(O)CC1(N=CC(=CO)C(=O)c2cc(F)c(F)c(F)c2F)CCC1. The van der Waals surface area contributed by atoms with Crippen LogP contribution in [0.4, 0.5) is 17.6 Å². The summed E-state index contributed by atoms with van der Waals surface area (Å²) in [6.07, 6.45) is 3.21. The lowest BCUT2D eigenvalue weighted by atomic mass is 9.74. The molecule has 0 spiro atoms. The van der Waals surface area contributed by atoms with Gasteiger partial charge in [-0.3, -0.25) is 9.79 Å². The number of nitrogens with zero attached hydrogens (tertiary/aromatic N) is 1. The van der Waals surface area contributed by atoms with Crippen LogP contribution in [0.3, 0.4) is 0 Å². The molecule has 0 heterocycles. The number of carbonyl (C=O) groups excluding carboxylic acids is 1. The van der Waals surface area contributed by atoms with Gasteiger partial charge in [-0.1, -0.05) is 0 Å². The predicted octanol–water partition coefficient (Wildman–Crippen LogP) is 3.63. The van der Waals surface area contributed by atoms with Crippen LogP contribution in [0, 0.1) is 23.3 Å². The third-order valence-electron chi connectivity index (χ3n) is 4.19. The molecule has 1 aromatic rings. The van der Waals surface area contributed by atoms with Crippen molar-refractivity contribution in [3.05, 3.63) is 46.7 Å². The van der Waals surface area contributed by atoms with E-state index in [-0.39, 0.29) is 6.07 Å². The van der Waals surface area contributed by atoms with Crippen molar-refractivity contribution < 1.29 is 32.6 Å². The molecule has 2 rings (SSSR count). The Labute approximate surface area is 141 Å². The topological polar surface area (TPSA) is 69.9 Å². The average molecular weight is 359 g/mol. The van der Waals surface area contributed by atoms with E-state index in [1.54, 1.807) is 6.92 Å². The summed E-state index contributed by atoms with van der Waals surface area (Å²) in [5.41, 5.74) is -2.16. The lowest BCUT2D eigenvalue weighted by Gasteiger charge is -2.39. The van der Waals surface area contributed by atoms with E-state index >= 15 is 0 Å². The van der Waals surface area contributed by atoms with E-state index in [0.29, 0.717) is 25.5 Å². The standard InChI is InChI=1S/C17H17F4NO3/c1-9(24)6-17(3-2-4-17)22-7-10(8-23)16(25)11-5-12(18)14(20)15(21)13(11)19/h5,7-9,23-24H,2-4,6H2,1H3. The zero-order valence-corrected chi connectivity index (χ0v) is 13.4. The molecule has 1 unspecified atom stereocenters. The van der Waals surface area contributed by atoms with Crippen LogP contribution < -0.4 is 0 Å². The van der Waals surface area contributed by atoms with Crippen molar-refractivity contribution in [3.63, 3.8) is 0 Å². The number of rotatable bonds is 6. The highest BCUT2D eigenvalue weighted by Crippen LogP contribution is 2.39. The van der Waals surface area contributed by atoms with Crippen LogP contribution in [-0.4, -0.2) is 33.9 Å². The van der Waals surface area contributed by atoms with Crippen molar-refractivity contribution in [2.45, 2.75) is 44.2 Å². The van der Waals surface area contributed by atoms with Crippen molar-refractivity contribution in [1.29, 1.82) is 0 Å². The van der Waals surface area contributed by atoms with Gasteiger partial charge in [-0.15, -0.1) is 0 Å². The molecule has 0 amide bonds. The Bertz CT molecular complexity index is 740. The van der Waals surface area contributed by atoms with E-state index in [1.165, 1.54) is 0 Å². The number of benzene rings is 1. The maximum atomic E-state index is 13.7. The number of aliphatic hydroxyl groups is 2. The Morgan fingerprint density at radius 2 is 1.92 bits per heavy atom. The molecule has 1 fully saturated rings. The van der Waals surface area contributed by atoms with Gasteiger partial charge in [-0.25, -0.2) is 17.6 Å². The number of allylic oxidation sites excluding steroid dienone is 1. The first-order valence-corrected chi connectivity index (χ1v) is 7.66. The number of ketones is 1. The normalized spacial score (nSPS) is 18.2. The molecule has 136 valence electrons. The van der Waals surface area contributed by atoms with Crippen LogP contribution in [-0.2, 0) is 0 Å². The first kappa shape index (κ1) is 19.1. The van der Waals surface area contributed by atoms with Gasteiger partial charge in [0.15, 0.2) is 23.3 Å². The van der Waals surface area contributed by atoms with E-state index in [2.05, 4.69) is 4.99 Å². The zero-order chi connectivity index (χ0) is 18.8. The van der Waals surface area contributed by atoms with Gasteiger partial charge >= 0.3 is 0 Å². The Balaban J connectivity index is 2.30.